The van der Waals surface area contributed by atoms with Gasteiger partial charge in [0.05, 0.1) is 5.69 Å². The van der Waals surface area contributed by atoms with Crippen molar-refractivity contribution < 1.29 is 4.79 Å². The van der Waals surface area contributed by atoms with Gasteiger partial charge in [-0.05, 0) is 26.4 Å². The highest BCUT2D eigenvalue weighted by atomic mass is 32.1. The van der Waals surface area contributed by atoms with Crippen LogP contribution in [0.3, 0.4) is 0 Å². The van der Waals surface area contributed by atoms with Crippen LogP contribution in [-0.2, 0) is 11.2 Å². The molecule has 1 atom stereocenters. The number of carbonyl (C=O) groups excluding carboxylic acids is 1. The molecule has 0 fully saturated rings. The number of thiazole rings is 1. The molecule has 2 rings (SSSR count). The van der Waals surface area contributed by atoms with Gasteiger partial charge in [-0.1, -0.05) is 44.2 Å². The average Bonchev–Trinajstić information content (AvgIpc) is 3.09. The maximum absolute atomic E-state index is 12.0. The van der Waals surface area contributed by atoms with Crippen LogP contribution in [0.4, 0.5) is 0 Å². The van der Waals surface area contributed by atoms with Gasteiger partial charge >= 0.3 is 0 Å². The van der Waals surface area contributed by atoms with Crippen LogP contribution in [0.5, 0.6) is 0 Å². The smallest absolute Gasteiger partial charge is 0.220 e. The number of aromatic nitrogens is 1. The molecule has 5 heteroatoms. The molecule has 1 aromatic heterocycles. The van der Waals surface area contributed by atoms with Crippen LogP contribution in [0.15, 0.2) is 35.7 Å². The fourth-order valence-corrected chi connectivity index (χ4v) is 3.56. The molecule has 0 saturated heterocycles. The van der Waals surface area contributed by atoms with Crippen molar-refractivity contribution >= 4 is 17.2 Å². The molecule has 2 aromatic rings. The molecular formula is C19H27N3OS. The molecule has 0 spiro atoms. The summed E-state index contributed by atoms with van der Waals surface area (Å²) in [6.07, 6.45) is 1.18. The Morgan fingerprint density at radius 3 is 2.62 bits per heavy atom. The van der Waals surface area contributed by atoms with E-state index in [0.717, 1.165) is 29.4 Å². The van der Waals surface area contributed by atoms with E-state index in [9.17, 15) is 4.79 Å². The predicted molar refractivity (Wildman–Crippen MR) is 101 cm³/mol. The molecule has 130 valence electrons. The molecule has 0 aliphatic heterocycles. The van der Waals surface area contributed by atoms with Gasteiger partial charge in [-0.25, -0.2) is 4.98 Å². The molecule has 0 aliphatic carbocycles. The summed E-state index contributed by atoms with van der Waals surface area (Å²) in [5.41, 5.74) is 2.12. The van der Waals surface area contributed by atoms with Gasteiger partial charge in [0, 0.05) is 30.0 Å². The number of nitrogens with one attached hydrogen (secondary N) is 1. The Bertz CT molecular complexity index is 623. The zero-order valence-corrected chi connectivity index (χ0v) is 15.6. The van der Waals surface area contributed by atoms with Crippen LogP contribution in [0.1, 0.15) is 32.9 Å². The van der Waals surface area contributed by atoms with Gasteiger partial charge in [-0.15, -0.1) is 11.3 Å². The average molecular weight is 346 g/mol. The molecule has 4 nitrogen and oxygen atoms in total. The molecule has 1 aromatic carbocycles. The van der Waals surface area contributed by atoms with E-state index >= 15 is 0 Å². The normalized spacial score (nSPS) is 12.3. The maximum atomic E-state index is 12.0. The summed E-state index contributed by atoms with van der Waals surface area (Å²) in [5.74, 6) is 0.100. The minimum absolute atomic E-state index is 0.100. The van der Waals surface area contributed by atoms with Gasteiger partial charge in [0.2, 0.25) is 5.91 Å². The second-order valence-electron chi connectivity index (χ2n) is 5.88. The lowest BCUT2D eigenvalue weighted by molar-refractivity contribution is -0.121. The van der Waals surface area contributed by atoms with E-state index in [1.54, 1.807) is 11.3 Å². The summed E-state index contributed by atoms with van der Waals surface area (Å²) >= 11 is 1.63. The number of carbonyl (C=O) groups is 1. The van der Waals surface area contributed by atoms with E-state index < -0.39 is 0 Å². The molecule has 1 heterocycles. The first-order chi connectivity index (χ1) is 11.6. The van der Waals surface area contributed by atoms with Crippen LogP contribution in [0.2, 0.25) is 0 Å². The predicted octanol–water partition coefficient (Wildman–Crippen LogP) is 3.59. The Morgan fingerprint density at radius 1 is 1.25 bits per heavy atom. The number of likely N-dealkylation sites (N-methyl/N-ethyl adjacent to an activating group) is 1. The molecule has 0 saturated carbocycles. The lowest BCUT2D eigenvalue weighted by Gasteiger charge is -2.26. The molecule has 0 aliphatic rings. The van der Waals surface area contributed by atoms with Crippen molar-refractivity contribution in [2.45, 2.75) is 39.7 Å². The van der Waals surface area contributed by atoms with E-state index in [2.05, 4.69) is 48.1 Å². The first kappa shape index (κ1) is 18.6. The van der Waals surface area contributed by atoms with Crippen molar-refractivity contribution in [1.82, 2.24) is 15.2 Å². The summed E-state index contributed by atoms with van der Waals surface area (Å²) in [7, 11) is 0. The molecule has 24 heavy (non-hydrogen) atoms. The lowest BCUT2D eigenvalue weighted by Crippen LogP contribution is -2.42. The highest BCUT2D eigenvalue weighted by molar-refractivity contribution is 7.13. The highest BCUT2D eigenvalue weighted by Gasteiger charge is 2.12. The quantitative estimate of drug-likeness (QED) is 0.755. The minimum atomic E-state index is 0.100. The second kappa shape index (κ2) is 9.55. The summed E-state index contributed by atoms with van der Waals surface area (Å²) in [4.78, 5) is 19.0. The first-order valence-electron chi connectivity index (χ1n) is 8.64. The van der Waals surface area contributed by atoms with Gasteiger partial charge in [-0.2, -0.15) is 0 Å². The molecule has 1 amide bonds. The van der Waals surface area contributed by atoms with E-state index in [1.165, 1.54) is 0 Å². The van der Waals surface area contributed by atoms with Crippen molar-refractivity contribution in [1.29, 1.82) is 0 Å². The van der Waals surface area contributed by atoms with Crippen molar-refractivity contribution in [2.75, 3.05) is 19.6 Å². The van der Waals surface area contributed by atoms with Crippen LogP contribution in [0.25, 0.3) is 10.6 Å². The standard InChI is InChI=1S/C19H27N3OS/c1-4-22(5-2)15(3)13-20-18(23)12-11-17-14-24-19(21-17)16-9-7-6-8-10-16/h6-10,14-15H,4-5,11-13H2,1-3H3,(H,20,23). The topological polar surface area (TPSA) is 45.2 Å². The molecule has 0 bridgehead atoms. The fraction of sp³-hybridized carbons (Fsp3) is 0.474. The van der Waals surface area contributed by atoms with E-state index in [0.29, 0.717) is 25.4 Å². The van der Waals surface area contributed by atoms with Gasteiger partial charge in [-0.3, -0.25) is 9.69 Å². The minimum Gasteiger partial charge on any atom is -0.355 e. The van der Waals surface area contributed by atoms with E-state index in [1.807, 2.05) is 23.6 Å². The number of aryl methyl sites for hydroxylation is 1. The van der Waals surface area contributed by atoms with Gasteiger partial charge < -0.3 is 5.32 Å². The number of amides is 1. The zero-order valence-electron chi connectivity index (χ0n) is 14.8. The van der Waals surface area contributed by atoms with Crippen LogP contribution in [-0.4, -0.2) is 41.5 Å². The maximum Gasteiger partial charge on any atom is 0.220 e. The second-order valence-corrected chi connectivity index (χ2v) is 6.74. The first-order valence-corrected chi connectivity index (χ1v) is 9.52. The van der Waals surface area contributed by atoms with Crippen LogP contribution in [0, 0.1) is 0 Å². The monoisotopic (exact) mass is 345 g/mol. The Balaban J connectivity index is 1.77. The summed E-state index contributed by atoms with van der Waals surface area (Å²) in [6, 6.07) is 10.5. The van der Waals surface area contributed by atoms with Crippen molar-refractivity contribution in [3.63, 3.8) is 0 Å². The molecule has 1 unspecified atom stereocenters. The van der Waals surface area contributed by atoms with E-state index in [4.69, 9.17) is 0 Å². The number of nitrogens with zero attached hydrogens (tertiary/aromatic N) is 2. The van der Waals surface area contributed by atoms with Crippen molar-refractivity contribution in [2.24, 2.45) is 0 Å². The summed E-state index contributed by atoms with van der Waals surface area (Å²) in [5, 5.41) is 6.10. The van der Waals surface area contributed by atoms with Crippen molar-refractivity contribution in [3.05, 3.63) is 41.4 Å². The third-order valence-corrected chi connectivity index (χ3v) is 5.15. The Morgan fingerprint density at radius 2 is 1.96 bits per heavy atom. The lowest BCUT2D eigenvalue weighted by atomic mass is 10.2. The van der Waals surface area contributed by atoms with Crippen molar-refractivity contribution in [3.8, 4) is 10.6 Å². The summed E-state index contributed by atoms with van der Waals surface area (Å²) in [6.45, 7) is 9.17. The van der Waals surface area contributed by atoms with Gasteiger partial charge in [0.15, 0.2) is 0 Å². The number of hydrogen-bond acceptors (Lipinski definition) is 4. The Hall–Kier alpha value is -1.72. The fourth-order valence-electron chi connectivity index (χ4n) is 2.70. The SMILES string of the molecule is CCN(CC)C(C)CNC(=O)CCc1csc(-c2ccccc2)n1. The third kappa shape index (κ3) is 5.42. The Labute approximate surface area is 148 Å². The van der Waals surface area contributed by atoms with E-state index in [-0.39, 0.29) is 5.91 Å². The Kier molecular flexibility index (Phi) is 7.40. The zero-order chi connectivity index (χ0) is 17.4. The number of hydrogen-bond donors (Lipinski definition) is 1. The van der Waals surface area contributed by atoms with Crippen LogP contribution < -0.4 is 5.32 Å². The molecular weight excluding hydrogens is 318 g/mol. The largest absolute Gasteiger partial charge is 0.355 e. The molecule has 0 radical (unpaired) electrons. The highest BCUT2D eigenvalue weighted by Crippen LogP contribution is 2.23. The molecule has 1 N–H and O–H groups in total. The number of benzene rings is 1. The van der Waals surface area contributed by atoms with Gasteiger partial charge in [0.1, 0.15) is 5.01 Å². The van der Waals surface area contributed by atoms with Crippen LogP contribution >= 0.6 is 11.3 Å². The number of rotatable bonds is 9. The third-order valence-electron chi connectivity index (χ3n) is 4.21. The van der Waals surface area contributed by atoms with Gasteiger partial charge in [0.25, 0.3) is 0 Å². The summed E-state index contributed by atoms with van der Waals surface area (Å²) < 4.78 is 0.